The molecule has 8 nitrogen and oxygen atoms in total. The second kappa shape index (κ2) is 13.3. The lowest BCUT2D eigenvalue weighted by atomic mass is 10.0. The molecule has 0 unspecified atom stereocenters. The van der Waals surface area contributed by atoms with Crippen LogP contribution in [-0.4, -0.2) is 13.7 Å². The van der Waals surface area contributed by atoms with Crippen molar-refractivity contribution in [2.45, 2.75) is 0 Å². The van der Waals surface area contributed by atoms with E-state index in [1.165, 1.54) is 0 Å². The molecule has 0 aliphatic heterocycles. The molecule has 10 aromatic carbocycles. The number of fused-ring (bicyclic) bond motifs is 21. The number of hydrogen-bond acceptors (Lipinski definition) is 4. The number of para-hydroxylation sites is 6. The van der Waals surface area contributed by atoms with Gasteiger partial charge in [-0.1, -0.05) is 109 Å². The van der Waals surface area contributed by atoms with E-state index in [0.717, 1.165) is 131 Å². The number of nitriles is 1. The highest BCUT2D eigenvalue weighted by Gasteiger charge is 2.31. The minimum atomic E-state index is 0.333. The highest BCUT2D eigenvalue weighted by atomic mass is 16.3. The molecule has 0 spiro atoms. The number of hydrogen-bond donors (Lipinski definition) is 0. The largest absolute Gasteiger partial charge is 0.456 e. The molecule has 0 aliphatic rings. The summed E-state index contributed by atoms with van der Waals surface area (Å²) in [6.45, 7) is 9.12. The molecule has 6 heterocycles. The van der Waals surface area contributed by atoms with Gasteiger partial charge in [-0.15, -0.1) is 0 Å². The SMILES string of the molecule is [C-]#[N+]c1cc(C#N)c(-n2c3ccccc3c3c4c(ccc32)oc2ccccc24)c(-n2c3ccccc3c3c4c(ccc32)oc2ccccc24)c1-n1c2ccccc2c2c3c(ccc21)oc1ccccc13. The van der Waals surface area contributed by atoms with Crippen molar-refractivity contribution in [3.63, 3.8) is 0 Å². The van der Waals surface area contributed by atoms with Gasteiger partial charge in [0, 0.05) is 64.6 Å². The Morgan fingerprint density at radius 2 is 0.686 bits per heavy atom. The van der Waals surface area contributed by atoms with E-state index in [0.29, 0.717) is 28.3 Å². The average Bonchev–Trinajstić information content (AvgIpc) is 4.26. The van der Waals surface area contributed by atoms with Gasteiger partial charge >= 0.3 is 0 Å². The Morgan fingerprint density at radius 1 is 0.343 bits per heavy atom. The number of furan rings is 3. The van der Waals surface area contributed by atoms with Crippen molar-refractivity contribution >= 4 is 137 Å². The average molecular weight is 894 g/mol. The first-order valence-corrected chi connectivity index (χ1v) is 23.2. The second-order valence-electron chi connectivity index (χ2n) is 18.1. The van der Waals surface area contributed by atoms with E-state index in [1.54, 1.807) is 6.07 Å². The Balaban J connectivity index is 1.18. The lowest BCUT2D eigenvalue weighted by molar-refractivity contribution is 0.669. The third kappa shape index (κ3) is 4.57. The lowest BCUT2D eigenvalue weighted by Gasteiger charge is -2.24. The molecule has 0 saturated carbocycles. The Kier molecular flexibility index (Phi) is 7.06. The van der Waals surface area contributed by atoms with Gasteiger partial charge in [0.15, 0.2) is 0 Å². The highest BCUT2D eigenvalue weighted by Crippen LogP contribution is 2.51. The molecule has 0 aliphatic carbocycles. The third-order valence-electron chi connectivity index (χ3n) is 14.7. The topological polar surface area (TPSA) is 82.4 Å². The third-order valence-corrected chi connectivity index (χ3v) is 14.7. The van der Waals surface area contributed by atoms with Crippen molar-refractivity contribution in [2.24, 2.45) is 0 Å². The van der Waals surface area contributed by atoms with Crippen molar-refractivity contribution in [3.05, 3.63) is 205 Å². The summed E-state index contributed by atoms with van der Waals surface area (Å²) >= 11 is 0. The van der Waals surface area contributed by atoms with Gasteiger partial charge in [-0.2, -0.15) is 5.26 Å². The second-order valence-corrected chi connectivity index (χ2v) is 18.1. The normalized spacial score (nSPS) is 12.3. The zero-order valence-electron chi connectivity index (χ0n) is 36.9. The van der Waals surface area contributed by atoms with E-state index >= 15 is 0 Å². The zero-order chi connectivity index (χ0) is 45.9. The molecule has 0 bridgehead atoms. The smallest absolute Gasteiger partial charge is 0.214 e. The van der Waals surface area contributed by atoms with Gasteiger partial charge in [0.1, 0.15) is 39.6 Å². The van der Waals surface area contributed by atoms with E-state index < -0.39 is 0 Å². The summed E-state index contributed by atoms with van der Waals surface area (Å²) in [7, 11) is 0. The number of benzene rings is 10. The fourth-order valence-corrected chi connectivity index (χ4v) is 12.0. The van der Waals surface area contributed by atoms with Crippen LogP contribution in [0.3, 0.4) is 0 Å². The fourth-order valence-electron chi connectivity index (χ4n) is 12.0. The molecular formula is C62H31N5O3. The van der Waals surface area contributed by atoms with Crippen molar-refractivity contribution in [1.82, 2.24) is 13.7 Å². The van der Waals surface area contributed by atoms with E-state index in [-0.39, 0.29) is 0 Å². The minimum Gasteiger partial charge on any atom is -0.456 e. The van der Waals surface area contributed by atoms with E-state index in [1.807, 2.05) is 60.7 Å². The maximum absolute atomic E-state index is 11.7. The molecule has 8 heteroatoms. The van der Waals surface area contributed by atoms with Crippen molar-refractivity contribution < 1.29 is 13.3 Å². The van der Waals surface area contributed by atoms with E-state index in [2.05, 4.69) is 146 Å². The highest BCUT2D eigenvalue weighted by molar-refractivity contribution is 6.31. The summed E-state index contributed by atoms with van der Waals surface area (Å²) < 4.78 is 26.4. The van der Waals surface area contributed by atoms with Gasteiger partial charge in [-0.3, -0.25) is 0 Å². The van der Waals surface area contributed by atoms with E-state index in [9.17, 15) is 5.26 Å². The summed E-state index contributed by atoms with van der Waals surface area (Å²) in [4.78, 5) is 4.39. The maximum Gasteiger partial charge on any atom is 0.214 e. The summed E-state index contributed by atoms with van der Waals surface area (Å²) in [6, 6.07) is 66.7. The van der Waals surface area contributed by atoms with Crippen LogP contribution in [-0.2, 0) is 0 Å². The first kappa shape index (κ1) is 37.1. The quantitative estimate of drug-likeness (QED) is 0.165. The molecule has 0 atom stereocenters. The van der Waals surface area contributed by atoms with Crippen LogP contribution in [0, 0.1) is 17.9 Å². The number of aromatic nitrogens is 3. The van der Waals surface area contributed by atoms with Crippen LogP contribution in [0.5, 0.6) is 0 Å². The van der Waals surface area contributed by atoms with Gasteiger partial charge in [0.05, 0.1) is 62.3 Å². The first-order valence-electron chi connectivity index (χ1n) is 23.2. The van der Waals surface area contributed by atoms with Crippen molar-refractivity contribution in [2.75, 3.05) is 0 Å². The monoisotopic (exact) mass is 893 g/mol. The molecule has 16 rings (SSSR count). The Bertz CT molecular complexity index is 4890. The van der Waals surface area contributed by atoms with Gasteiger partial charge < -0.3 is 27.0 Å². The van der Waals surface area contributed by atoms with Crippen LogP contribution in [0.1, 0.15) is 5.56 Å². The molecule has 16 aromatic rings. The molecule has 322 valence electrons. The summed E-state index contributed by atoms with van der Waals surface area (Å²) in [5.74, 6) is 0. The maximum atomic E-state index is 11.7. The predicted octanol–water partition coefficient (Wildman–Crippen LogP) is 17.1. The van der Waals surface area contributed by atoms with Crippen LogP contribution in [0.15, 0.2) is 201 Å². The van der Waals surface area contributed by atoms with E-state index in [4.69, 9.17) is 19.8 Å². The van der Waals surface area contributed by atoms with Crippen LogP contribution in [0.4, 0.5) is 5.69 Å². The fraction of sp³-hybridized carbons (Fsp3) is 0. The van der Waals surface area contributed by atoms with Crippen LogP contribution < -0.4 is 0 Å². The van der Waals surface area contributed by atoms with Crippen molar-refractivity contribution in [1.29, 1.82) is 5.26 Å². The standard InChI is InChI=1S/C62H31N5O3/c1-64-41-32-34(33-63)60(65-42-20-8-2-14-35(42)54-45(65)26-29-51-57(54)38-17-5-11-23-48(38)68-51)62(67-44-22-10-4-16-37(44)56-47(67)28-31-53-59(56)40-19-7-13-25-50(40)70-53)61(41)66-43-21-9-3-15-36(43)55-46(66)27-30-52-58(55)39-18-6-12-24-49(39)69-52/h2-32H. The Labute approximate surface area is 395 Å². The molecule has 6 aromatic heterocycles. The molecule has 70 heavy (non-hydrogen) atoms. The van der Waals surface area contributed by atoms with Crippen LogP contribution >= 0.6 is 0 Å². The van der Waals surface area contributed by atoms with Gasteiger partial charge in [0.2, 0.25) is 5.69 Å². The summed E-state index contributed by atoms with van der Waals surface area (Å²) in [5.41, 5.74) is 12.9. The summed E-state index contributed by atoms with van der Waals surface area (Å²) in [6.07, 6.45) is 0. The lowest BCUT2D eigenvalue weighted by Crippen LogP contribution is -2.11. The Morgan fingerprint density at radius 3 is 1.07 bits per heavy atom. The predicted molar refractivity (Wildman–Crippen MR) is 282 cm³/mol. The van der Waals surface area contributed by atoms with Crippen LogP contribution in [0.2, 0.25) is 0 Å². The zero-order valence-corrected chi connectivity index (χ0v) is 36.9. The minimum absolute atomic E-state index is 0.333. The summed E-state index contributed by atoms with van der Waals surface area (Å²) in [5, 5.41) is 23.8. The Hall–Kier alpha value is -10.0. The van der Waals surface area contributed by atoms with Crippen molar-refractivity contribution in [3.8, 4) is 23.1 Å². The molecule has 0 amide bonds. The molecular weight excluding hydrogens is 863 g/mol. The number of rotatable bonds is 3. The molecule has 0 radical (unpaired) electrons. The van der Waals surface area contributed by atoms with Crippen LogP contribution in [0.25, 0.3) is 153 Å². The van der Waals surface area contributed by atoms with Gasteiger partial charge in [-0.25, -0.2) is 4.85 Å². The number of nitrogens with zero attached hydrogens (tertiary/aromatic N) is 5. The molecule has 0 saturated heterocycles. The molecule has 0 fully saturated rings. The van der Waals surface area contributed by atoms with Gasteiger partial charge in [0.25, 0.3) is 0 Å². The molecule has 0 N–H and O–H groups in total. The first-order chi connectivity index (χ1) is 34.7. The van der Waals surface area contributed by atoms with Gasteiger partial charge in [-0.05, 0) is 78.9 Å².